The number of nitrogens with zero attached hydrogens (tertiary/aromatic N) is 1. The third-order valence-corrected chi connectivity index (χ3v) is 8.00. The molecule has 47 heavy (non-hydrogen) atoms. The SMILES string of the molecule is CCCCN1CCC(Oc2ccc(C(=O)Nc3ccc(Oc4cc(F)c(NC(=O)NCCCCOC)cc4OC)cc3)cc2C)CC1. The van der Waals surface area contributed by atoms with Gasteiger partial charge in [-0.2, -0.15) is 0 Å². The molecule has 0 atom stereocenters. The first kappa shape index (κ1) is 35.5. The summed E-state index contributed by atoms with van der Waals surface area (Å²) in [4.78, 5) is 27.7. The van der Waals surface area contributed by atoms with Crippen molar-refractivity contribution in [3.8, 4) is 23.0 Å². The highest BCUT2D eigenvalue weighted by Gasteiger charge is 2.21. The lowest BCUT2D eigenvalue weighted by atomic mass is 10.1. The molecular weight excluding hydrogens is 603 g/mol. The van der Waals surface area contributed by atoms with E-state index in [1.165, 1.54) is 26.0 Å². The summed E-state index contributed by atoms with van der Waals surface area (Å²) < 4.78 is 37.4. The molecule has 1 fully saturated rings. The maximum Gasteiger partial charge on any atom is 0.319 e. The summed E-state index contributed by atoms with van der Waals surface area (Å²) in [5.74, 6) is 0.653. The van der Waals surface area contributed by atoms with E-state index in [9.17, 15) is 14.0 Å². The second-order valence-corrected chi connectivity index (χ2v) is 11.6. The van der Waals surface area contributed by atoms with Gasteiger partial charge < -0.3 is 39.8 Å². The summed E-state index contributed by atoms with van der Waals surface area (Å²) in [5.41, 5.74) is 1.97. The monoisotopic (exact) mass is 650 g/mol. The number of carbonyl (C=O) groups is 2. The molecule has 0 spiro atoms. The van der Waals surface area contributed by atoms with Crippen LogP contribution in [0.15, 0.2) is 54.6 Å². The Morgan fingerprint density at radius 2 is 1.68 bits per heavy atom. The molecule has 3 amide bonds. The van der Waals surface area contributed by atoms with Gasteiger partial charge in [-0.1, -0.05) is 13.3 Å². The third-order valence-electron chi connectivity index (χ3n) is 8.00. The lowest BCUT2D eigenvalue weighted by molar-refractivity contribution is 0.0991. The van der Waals surface area contributed by atoms with Crippen molar-refractivity contribution in [2.75, 3.05) is 57.6 Å². The molecule has 0 bridgehead atoms. The number of amides is 3. The summed E-state index contributed by atoms with van der Waals surface area (Å²) >= 11 is 0. The Kier molecular flexibility index (Phi) is 13.7. The molecule has 1 heterocycles. The maximum absolute atomic E-state index is 14.9. The predicted molar refractivity (Wildman–Crippen MR) is 182 cm³/mol. The largest absolute Gasteiger partial charge is 0.493 e. The number of rotatable bonds is 16. The van der Waals surface area contributed by atoms with Gasteiger partial charge in [0.25, 0.3) is 5.91 Å². The van der Waals surface area contributed by atoms with Gasteiger partial charge >= 0.3 is 6.03 Å². The molecular formula is C36H47FN4O6. The van der Waals surface area contributed by atoms with Crippen molar-refractivity contribution < 1.29 is 32.9 Å². The minimum absolute atomic E-state index is 0.0420. The van der Waals surface area contributed by atoms with Gasteiger partial charge in [-0.05, 0) is 93.6 Å². The first-order chi connectivity index (χ1) is 22.8. The number of anilines is 2. The minimum Gasteiger partial charge on any atom is -0.493 e. The number of hydrogen-bond acceptors (Lipinski definition) is 7. The van der Waals surface area contributed by atoms with Crippen molar-refractivity contribution in [3.05, 3.63) is 71.5 Å². The van der Waals surface area contributed by atoms with Gasteiger partial charge in [0.15, 0.2) is 17.3 Å². The Bertz CT molecular complexity index is 1460. The number of ether oxygens (including phenoxy) is 4. The lowest BCUT2D eigenvalue weighted by Crippen LogP contribution is -2.38. The number of benzene rings is 3. The van der Waals surface area contributed by atoms with Crippen molar-refractivity contribution in [2.24, 2.45) is 0 Å². The maximum atomic E-state index is 14.9. The molecule has 1 saturated heterocycles. The quantitative estimate of drug-likeness (QED) is 0.139. The van der Waals surface area contributed by atoms with E-state index in [0.717, 1.165) is 62.7 Å². The molecule has 254 valence electrons. The average molecular weight is 651 g/mol. The molecule has 0 unspecified atom stereocenters. The number of halogens is 1. The highest BCUT2D eigenvalue weighted by Crippen LogP contribution is 2.36. The van der Waals surface area contributed by atoms with Crippen LogP contribution in [0.25, 0.3) is 0 Å². The minimum atomic E-state index is -0.682. The number of nitrogens with one attached hydrogen (secondary N) is 3. The fourth-order valence-electron chi connectivity index (χ4n) is 5.28. The Labute approximate surface area is 276 Å². The van der Waals surface area contributed by atoms with E-state index in [1.54, 1.807) is 37.4 Å². The summed E-state index contributed by atoms with van der Waals surface area (Å²) in [6.07, 6.45) is 6.18. The van der Waals surface area contributed by atoms with Crippen molar-refractivity contribution >= 4 is 23.3 Å². The van der Waals surface area contributed by atoms with E-state index in [0.29, 0.717) is 30.2 Å². The molecule has 3 aromatic rings. The van der Waals surface area contributed by atoms with Crippen LogP contribution >= 0.6 is 0 Å². The molecule has 11 heteroatoms. The highest BCUT2D eigenvalue weighted by atomic mass is 19.1. The lowest BCUT2D eigenvalue weighted by Gasteiger charge is -2.32. The number of hydrogen-bond donors (Lipinski definition) is 3. The molecule has 0 radical (unpaired) electrons. The van der Waals surface area contributed by atoms with Crippen molar-refractivity contribution in [2.45, 2.75) is 58.5 Å². The van der Waals surface area contributed by atoms with Gasteiger partial charge in [0, 0.05) is 56.7 Å². The van der Waals surface area contributed by atoms with E-state index >= 15 is 0 Å². The van der Waals surface area contributed by atoms with Crippen molar-refractivity contribution in [1.82, 2.24) is 10.2 Å². The topological polar surface area (TPSA) is 110 Å². The normalized spacial score (nSPS) is 13.6. The second-order valence-electron chi connectivity index (χ2n) is 11.6. The standard InChI is InChI=1S/C36H47FN4O6/c1-5-6-18-41-19-15-29(16-20-41)46-32-14-9-26(22-25(32)2)35(42)39-27-10-12-28(13-11-27)47-34-23-30(37)31(24-33(34)45-4)40-36(43)38-17-7-8-21-44-3/h9-14,22-24,29H,5-8,15-21H2,1-4H3,(H,39,42)(H2,38,40,43). The highest BCUT2D eigenvalue weighted by molar-refractivity contribution is 6.04. The molecule has 3 aromatic carbocycles. The van der Waals surface area contributed by atoms with Gasteiger partial charge in [-0.15, -0.1) is 0 Å². The summed E-state index contributed by atoms with van der Waals surface area (Å²) in [5, 5.41) is 8.08. The Morgan fingerprint density at radius 1 is 0.915 bits per heavy atom. The zero-order valence-electron chi connectivity index (χ0n) is 27.8. The molecule has 0 saturated carbocycles. The van der Waals surface area contributed by atoms with E-state index in [-0.39, 0.29) is 29.2 Å². The molecule has 1 aliphatic rings. The Balaban J connectivity index is 1.29. The van der Waals surface area contributed by atoms with Crippen molar-refractivity contribution in [1.29, 1.82) is 0 Å². The van der Waals surface area contributed by atoms with Gasteiger partial charge in [-0.25, -0.2) is 9.18 Å². The second kappa shape index (κ2) is 18.1. The zero-order valence-corrected chi connectivity index (χ0v) is 27.8. The first-order valence-corrected chi connectivity index (χ1v) is 16.3. The molecule has 3 N–H and O–H groups in total. The number of urea groups is 1. The van der Waals surface area contributed by atoms with Crippen LogP contribution in [0, 0.1) is 12.7 Å². The molecule has 0 aromatic heterocycles. The molecule has 0 aliphatic carbocycles. The van der Waals surface area contributed by atoms with Crippen molar-refractivity contribution in [3.63, 3.8) is 0 Å². The zero-order chi connectivity index (χ0) is 33.6. The van der Waals surface area contributed by atoms with Crippen LogP contribution < -0.4 is 30.2 Å². The number of piperidine rings is 1. The van der Waals surface area contributed by atoms with Crippen LogP contribution in [0.5, 0.6) is 23.0 Å². The van der Waals surface area contributed by atoms with Gasteiger partial charge in [0.05, 0.1) is 12.8 Å². The number of unbranched alkanes of at least 4 members (excludes halogenated alkanes) is 2. The van der Waals surface area contributed by atoms with Crippen LogP contribution in [0.1, 0.15) is 61.4 Å². The van der Waals surface area contributed by atoms with E-state index in [4.69, 9.17) is 18.9 Å². The fraction of sp³-hybridized carbons (Fsp3) is 0.444. The molecule has 4 rings (SSSR count). The Hall–Kier alpha value is -4.35. The third kappa shape index (κ3) is 10.9. The summed E-state index contributed by atoms with van der Waals surface area (Å²) in [6, 6.07) is 14.2. The molecule has 1 aliphatic heterocycles. The van der Waals surface area contributed by atoms with E-state index < -0.39 is 11.8 Å². The summed E-state index contributed by atoms with van der Waals surface area (Å²) in [6.45, 7) is 8.48. The first-order valence-electron chi connectivity index (χ1n) is 16.3. The fourth-order valence-corrected chi connectivity index (χ4v) is 5.28. The number of likely N-dealkylation sites (tertiary alicyclic amines) is 1. The van der Waals surface area contributed by atoms with Crippen LogP contribution in [-0.4, -0.2) is 69.9 Å². The predicted octanol–water partition coefficient (Wildman–Crippen LogP) is 7.38. The van der Waals surface area contributed by atoms with Crippen LogP contribution in [0.4, 0.5) is 20.6 Å². The van der Waals surface area contributed by atoms with Gasteiger partial charge in [-0.3, -0.25) is 4.79 Å². The van der Waals surface area contributed by atoms with Crippen LogP contribution in [-0.2, 0) is 4.74 Å². The van der Waals surface area contributed by atoms with Gasteiger partial charge in [0.1, 0.15) is 17.6 Å². The van der Waals surface area contributed by atoms with Crippen LogP contribution in [0.2, 0.25) is 0 Å². The summed E-state index contributed by atoms with van der Waals surface area (Å²) in [7, 11) is 3.05. The smallest absolute Gasteiger partial charge is 0.319 e. The van der Waals surface area contributed by atoms with Gasteiger partial charge in [0.2, 0.25) is 0 Å². The van der Waals surface area contributed by atoms with Crippen LogP contribution in [0.3, 0.4) is 0 Å². The molecule has 10 nitrogen and oxygen atoms in total. The van der Waals surface area contributed by atoms with E-state index in [1.807, 2.05) is 19.1 Å². The number of methoxy groups -OCH3 is 2. The number of carbonyl (C=O) groups excluding carboxylic acids is 2. The number of aryl methyl sites for hydroxylation is 1. The Morgan fingerprint density at radius 3 is 2.36 bits per heavy atom. The average Bonchev–Trinajstić information content (AvgIpc) is 3.07. The van der Waals surface area contributed by atoms with E-state index in [2.05, 4.69) is 27.8 Å².